The molecule has 0 saturated heterocycles. The first-order valence-electron chi connectivity index (χ1n) is 27.0. The zero-order valence-corrected chi connectivity index (χ0v) is 53.7. The van der Waals surface area contributed by atoms with Crippen molar-refractivity contribution < 1.29 is 139 Å². The quantitative estimate of drug-likeness (QED) is 0.0961. The first kappa shape index (κ1) is 78.6. The van der Waals surface area contributed by atoms with Crippen molar-refractivity contribution in [1.82, 2.24) is 4.98 Å². The summed E-state index contributed by atoms with van der Waals surface area (Å²) in [7, 11) is -27.2. The van der Waals surface area contributed by atoms with Gasteiger partial charge in [0.1, 0.15) is 11.4 Å². The summed E-state index contributed by atoms with van der Waals surface area (Å²) in [6, 6.07) is 0.229. The maximum atomic E-state index is 14.9. The van der Waals surface area contributed by atoms with E-state index in [4.69, 9.17) is 0 Å². The monoisotopic (exact) mass is 1530 g/mol. The second-order valence-corrected chi connectivity index (χ2v) is 30.9. The number of alkyl halides is 24. The molecular formula is C61H39F24N3O8S4. The van der Waals surface area contributed by atoms with Crippen molar-refractivity contribution in [3.05, 3.63) is 206 Å². The van der Waals surface area contributed by atoms with E-state index in [-0.39, 0.29) is 11.1 Å². The average molecular weight is 1530 g/mol. The SMILES string of the molecule is CC(C)(C)c1ccc(C#Cc2cccc(C#Cc3ccc(C(C)(C)C)cc3N(S(=O)(=O)c3cc(C(F)(F)F)cc(C(F)(F)F)c3)S(=O)(=O)c3cc(C(F)(F)F)cc(C(F)(F)F)c3)n2)c(N(S(=O)(=O)c2cc(C(F)(F)F)cc(C(F)(F)F)c2)S(=O)(=O)c2cc(C(F)(F)F)cc(C(F)(F)F)c2)c1. The van der Waals surface area contributed by atoms with Crippen LogP contribution in [0.25, 0.3) is 0 Å². The van der Waals surface area contributed by atoms with Gasteiger partial charge in [0.25, 0.3) is 40.1 Å². The molecule has 0 bridgehead atoms. The highest BCUT2D eigenvalue weighted by molar-refractivity contribution is 8.10. The van der Waals surface area contributed by atoms with E-state index in [1.807, 2.05) is 0 Å². The van der Waals surface area contributed by atoms with E-state index < -0.39 is 279 Å². The van der Waals surface area contributed by atoms with Crippen molar-refractivity contribution in [2.75, 3.05) is 7.42 Å². The van der Waals surface area contributed by atoms with Gasteiger partial charge in [0, 0.05) is 0 Å². The molecule has 100 heavy (non-hydrogen) atoms. The van der Waals surface area contributed by atoms with Crippen molar-refractivity contribution in [2.45, 2.75) is 121 Å². The van der Waals surface area contributed by atoms with Gasteiger partial charge in [-0.3, -0.25) is 0 Å². The molecule has 0 unspecified atom stereocenters. The number of pyridine rings is 1. The highest BCUT2D eigenvalue weighted by atomic mass is 32.3. The largest absolute Gasteiger partial charge is 0.416 e. The van der Waals surface area contributed by atoms with Gasteiger partial charge in [-0.15, -0.1) is 0 Å². The number of anilines is 2. The maximum Gasteiger partial charge on any atom is 0.416 e. The lowest BCUT2D eigenvalue weighted by Crippen LogP contribution is -2.38. The lowest BCUT2D eigenvalue weighted by molar-refractivity contribution is -0.145. The van der Waals surface area contributed by atoms with E-state index in [1.54, 1.807) is 0 Å². The van der Waals surface area contributed by atoms with Crippen LogP contribution in [0.15, 0.2) is 147 Å². The van der Waals surface area contributed by atoms with E-state index in [2.05, 4.69) is 28.7 Å². The van der Waals surface area contributed by atoms with Gasteiger partial charge >= 0.3 is 49.4 Å². The third-order valence-electron chi connectivity index (χ3n) is 13.8. The van der Waals surface area contributed by atoms with Crippen LogP contribution in [0.4, 0.5) is 117 Å². The smallest absolute Gasteiger partial charge is 0.231 e. The molecule has 1 aromatic heterocycles. The summed E-state index contributed by atoms with van der Waals surface area (Å²) in [5.41, 5.74) is -29.4. The second-order valence-electron chi connectivity index (χ2n) is 23.3. The van der Waals surface area contributed by atoms with Gasteiger partial charge in [-0.1, -0.05) is 71.6 Å². The Hall–Kier alpha value is -8.69. The van der Waals surface area contributed by atoms with Crippen LogP contribution in [0, 0.1) is 23.7 Å². The molecule has 0 amide bonds. The molecule has 7 rings (SSSR count). The van der Waals surface area contributed by atoms with Crippen LogP contribution in [-0.4, -0.2) is 38.7 Å². The van der Waals surface area contributed by atoms with E-state index in [0.717, 1.165) is 30.3 Å². The number of rotatable bonds is 10. The minimum Gasteiger partial charge on any atom is -0.231 e. The molecule has 0 atom stereocenters. The van der Waals surface area contributed by atoms with Crippen molar-refractivity contribution in [1.29, 1.82) is 0 Å². The van der Waals surface area contributed by atoms with Gasteiger partial charge in [-0.25, -0.2) is 38.7 Å². The molecule has 1 heterocycles. The summed E-state index contributed by atoms with van der Waals surface area (Å²) >= 11 is 0. The number of halogens is 24. The molecule has 39 heteroatoms. The maximum absolute atomic E-state index is 14.9. The number of benzene rings is 6. The molecule has 0 spiro atoms. The number of hydrogen-bond acceptors (Lipinski definition) is 9. The average Bonchev–Trinajstić information content (AvgIpc) is 0.735. The number of aromatic nitrogens is 1. The fourth-order valence-corrected chi connectivity index (χ4v) is 16.5. The van der Waals surface area contributed by atoms with Crippen molar-refractivity contribution in [3.63, 3.8) is 0 Å². The van der Waals surface area contributed by atoms with Crippen LogP contribution in [0.5, 0.6) is 0 Å². The zero-order valence-electron chi connectivity index (χ0n) is 50.4. The Kier molecular flexibility index (Phi) is 20.2. The van der Waals surface area contributed by atoms with E-state index in [0.29, 0.717) is 24.3 Å². The molecule has 538 valence electrons. The Morgan fingerprint density at radius 3 is 0.650 bits per heavy atom. The first-order valence-corrected chi connectivity index (χ1v) is 32.7. The van der Waals surface area contributed by atoms with Crippen LogP contribution >= 0.6 is 0 Å². The Bertz CT molecular complexity index is 4370. The number of hydrogen-bond donors (Lipinski definition) is 0. The lowest BCUT2D eigenvalue weighted by atomic mass is 9.86. The number of nitrogens with zero attached hydrogens (tertiary/aromatic N) is 3. The predicted octanol–water partition coefficient (Wildman–Crippen LogP) is 17.8. The topological polar surface area (TPSA) is 156 Å². The van der Waals surface area contributed by atoms with Crippen LogP contribution in [0.2, 0.25) is 0 Å². The molecule has 7 aromatic rings. The normalized spacial score (nSPS) is 13.7. The third kappa shape index (κ3) is 17.2. The molecule has 0 aliphatic rings. The van der Waals surface area contributed by atoms with Gasteiger partial charge in [-0.05, 0) is 143 Å². The van der Waals surface area contributed by atoms with Gasteiger partial charge in [0.05, 0.1) is 86.6 Å². The van der Waals surface area contributed by atoms with Crippen molar-refractivity contribution >= 4 is 51.5 Å². The molecule has 0 fully saturated rings. The van der Waals surface area contributed by atoms with Crippen molar-refractivity contribution in [2.24, 2.45) is 0 Å². The molecule has 0 radical (unpaired) electrons. The fraction of sp³-hybridized carbons (Fsp3) is 0.262. The highest BCUT2D eigenvalue weighted by Gasteiger charge is 2.49. The van der Waals surface area contributed by atoms with Gasteiger partial charge in [-0.2, -0.15) is 113 Å². The summed E-state index contributed by atoms with van der Waals surface area (Å²) in [6.07, 6.45) is -47.3. The van der Waals surface area contributed by atoms with Gasteiger partial charge in [0.15, 0.2) is 0 Å². The third-order valence-corrected chi connectivity index (χ3v) is 22.0. The molecule has 11 nitrogen and oxygen atoms in total. The molecule has 0 aliphatic carbocycles. The first-order chi connectivity index (χ1) is 44.9. The Balaban J connectivity index is 1.54. The van der Waals surface area contributed by atoms with Gasteiger partial charge in [0.2, 0.25) is 0 Å². The highest BCUT2D eigenvalue weighted by Crippen LogP contribution is 2.47. The summed E-state index contributed by atoms with van der Waals surface area (Å²) in [5, 5.41) is 0. The Morgan fingerprint density at radius 1 is 0.270 bits per heavy atom. The van der Waals surface area contributed by atoms with Crippen LogP contribution in [0.3, 0.4) is 0 Å². The van der Waals surface area contributed by atoms with E-state index >= 15 is 0 Å². The molecule has 0 N–H and O–H groups in total. The van der Waals surface area contributed by atoms with Gasteiger partial charge < -0.3 is 0 Å². The summed E-state index contributed by atoms with van der Waals surface area (Å²) < 4.78 is 461. The summed E-state index contributed by atoms with van der Waals surface area (Å²) in [6.45, 7) is 7.89. The minimum atomic E-state index is -6.81. The molecule has 0 saturated carbocycles. The standard InChI is InChI=1S/C61H39F24N3O8S4/c1-52(2,3)34-14-10-32(50(30-34)87(97(89,90)46-22-36(54(62,63)64)18-37(23-46)55(65,66)67)98(91,92)47-24-38(56(68,69)70)19-39(25-47)57(71,72)73)12-16-44-8-7-9-45(86-44)17-13-33-11-15-35(53(4,5)6)31-51(33)88(99(93,94)48-26-40(58(74,75)76)20-41(27-48)59(77,78)79)100(95,96)49-28-42(60(80,81)82)21-43(29-49)61(83,84)85/h7-11,14-15,18-31H,1-6H3. The molecular weight excluding hydrogens is 1490 g/mol. The Labute approximate surface area is 551 Å². The Morgan fingerprint density at radius 2 is 0.470 bits per heavy atom. The molecule has 0 aliphatic heterocycles. The number of sulfonamides is 4. The van der Waals surface area contributed by atoms with E-state index in [1.165, 1.54) is 41.5 Å². The second kappa shape index (κ2) is 25.7. The fourth-order valence-electron chi connectivity index (χ4n) is 8.81. The predicted molar refractivity (Wildman–Crippen MR) is 306 cm³/mol. The van der Waals surface area contributed by atoms with Crippen LogP contribution in [0.1, 0.15) is 120 Å². The van der Waals surface area contributed by atoms with E-state index in [9.17, 15) is 139 Å². The minimum absolute atomic E-state index is 0.255. The zero-order chi connectivity index (χ0) is 76.1. The van der Waals surface area contributed by atoms with Crippen LogP contribution in [-0.2, 0) is 100 Å². The van der Waals surface area contributed by atoms with Crippen LogP contribution < -0.4 is 7.42 Å². The lowest BCUT2D eigenvalue weighted by Gasteiger charge is -2.28. The summed E-state index contributed by atoms with van der Waals surface area (Å²) in [5.74, 6) is 8.76. The van der Waals surface area contributed by atoms with Crippen molar-refractivity contribution in [3.8, 4) is 23.7 Å². The summed E-state index contributed by atoms with van der Waals surface area (Å²) in [4.78, 5) is -4.98. The molecule has 6 aromatic carbocycles.